The van der Waals surface area contributed by atoms with Crippen molar-refractivity contribution < 1.29 is 14.0 Å². The zero-order chi connectivity index (χ0) is 24.6. The first-order chi connectivity index (χ1) is 16.2. The standard InChI is InChI=1S/C26H24N4O4/c1-14(2)13-30(17-9-6-15(7-10-17)23(27)28)25(32)16-8-11-18-20(12-16)26(33)34-21-5-3-4-19(22(18)21)24(29)31/h3-12,14H,13H2,1-2H3,(H3,27,28)(H2,29,31). The highest BCUT2D eigenvalue weighted by molar-refractivity contribution is 6.17. The van der Waals surface area contributed by atoms with Crippen molar-refractivity contribution in [3.63, 3.8) is 0 Å². The van der Waals surface area contributed by atoms with E-state index in [1.807, 2.05) is 13.8 Å². The summed E-state index contributed by atoms with van der Waals surface area (Å²) in [5.41, 5.74) is 12.4. The summed E-state index contributed by atoms with van der Waals surface area (Å²) in [5, 5.41) is 8.67. The number of primary amides is 1. The van der Waals surface area contributed by atoms with Crippen LogP contribution in [0.25, 0.3) is 21.7 Å². The van der Waals surface area contributed by atoms with Gasteiger partial charge in [0.15, 0.2) is 0 Å². The van der Waals surface area contributed by atoms with Gasteiger partial charge in [0, 0.05) is 34.1 Å². The van der Waals surface area contributed by atoms with E-state index in [4.69, 9.17) is 21.3 Å². The minimum Gasteiger partial charge on any atom is -0.422 e. The number of carbonyl (C=O) groups is 2. The fraction of sp³-hybridized carbons (Fsp3) is 0.154. The molecule has 4 aromatic rings. The van der Waals surface area contributed by atoms with Gasteiger partial charge in [-0.15, -0.1) is 0 Å². The quantitative estimate of drug-likeness (QED) is 0.176. The van der Waals surface area contributed by atoms with E-state index in [2.05, 4.69) is 0 Å². The van der Waals surface area contributed by atoms with Gasteiger partial charge in [-0.3, -0.25) is 15.0 Å². The van der Waals surface area contributed by atoms with Gasteiger partial charge in [0.1, 0.15) is 11.4 Å². The van der Waals surface area contributed by atoms with Crippen LogP contribution in [0.2, 0.25) is 0 Å². The van der Waals surface area contributed by atoms with Crippen LogP contribution in [0.4, 0.5) is 5.69 Å². The number of nitrogens with zero attached hydrogens (tertiary/aromatic N) is 1. The normalized spacial score (nSPS) is 11.1. The van der Waals surface area contributed by atoms with Crippen LogP contribution in [0.3, 0.4) is 0 Å². The highest BCUT2D eigenvalue weighted by Gasteiger charge is 2.21. The fourth-order valence-corrected chi connectivity index (χ4v) is 3.97. The van der Waals surface area contributed by atoms with Gasteiger partial charge in [-0.25, -0.2) is 4.79 Å². The first-order valence-corrected chi connectivity index (χ1v) is 10.7. The van der Waals surface area contributed by atoms with Crippen molar-refractivity contribution >= 4 is 45.1 Å². The van der Waals surface area contributed by atoms with Crippen LogP contribution >= 0.6 is 0 Å². The summed E-state index contributed by atoms with van der Waals surface area (Å²) in [5.74, 6) is -0.826. The van der Waals surface area contributed by atoms with Crippen LogP contribution in [0.15, 0.2) is 69.9 Å². The number of amides is 2. The van der Waals surface area contributed by atoms with Gasteiger partial charge in [-0.1, -0.05) is 26.0 Å². The van der Waals surface area contributed by atoms with Crippen LogP contribution in [0.5, 0.6) is 0 Å². The number of hydrogen-bond acceptors (Lipinski definition) is 5. The Hall–Kier alpha value is -4.46. The van der Waals surface area contributed by atoms with Crippen molar-refractivity contribution in [1.29, 1.82) is 5.41 Å². The molecule has 0 bridgehead atoms. The number of anilines is 1. The van der Waals surface area contributed by atoms with Crippen molar-refractivity contribution in [2.45, 2.75) is 13.8 Å². The molecule has 0 saturated carbocycles. The summed E-state index contributed by atoms with van der Waals surface area (Å²) in [6, 6.07) is 16.3. The monoisotopic (exact) mass is 456 g/mol. The number of benzene rings is 3. The number of fused-ring (bicyclic) bond motifs is 3. The minimum absolute atomic E-state index is 0.0582. The lowest BCUT2D eigenvalue weighted by atomic mass is 10.00. The Morgan fingerprint density at radius 2 is 1.65 bits per heavy atom. The predicted octanol–water partition coefficient (Wildman–Crippen LogP) is 3.63. The number of rotatable bonds is 6. The first kappa shape index (κ1) is 22.7. The third-order valence-corrected chi connectivity index (χ3v) is 5.53. The number of nitrogens with two attached hydrogens (primary N) is 2. The Morgan fingerprint density at radius 3 is 2.26 bits per heavy atom. The van der Waals surface area contributed by atoms with Crippen molar-refractivity contribution in [3.05, 3.63) is 87.8 Å². The third-order valence-electron chi connectivity index (χ3n) is 5.53. The Morgan fingerprint density at radius 1 is 0.971 bits per heavy atom. The maximum Gasteiger partial charge on any atom is 0.344 e. The van der Waals surface area contributed by atoms with Crippen LogP contribution < -0.4 is 22.0 Å². The van der Waals surface area contributed by atoms with Gasteiger partial charge in [-0.2, -0.15) is 0 Å². The lowest BCUT2D eigenvalue weighted by Gasteiger charge is -2.25. The van der Waals surface area contributed by atoms with Crippen molar-refractivity contribution in [2.24, 2.45) is 17.4 Å². The minimum atomic E-state index is -0.641. The number of carbonyl (C=O) groups excluding carboxylic acids is 2. The summed E-state index contributed by atoms with van der Waals surface area (Å²) in [6.07, 6.45) is 0. The maximum absolute atomic E-state index is 13.5. The highest BCUT2D eigenvalue weighted by atomic mass is 16.4. The lowest BCUT2D eigenvalue weighted by Crippen LogP contribution is -2.34. The van der Waals surface area contributed by atoms with Gasteiger partial charge in [0.05, 0.1) is 10.9 Å². The van der Waals surface area contributed by atoms with Crippen LogP contribution in [-0.4, -0.2) is 24.2 Å². The molecule has 0 fully saturated rings. The van der Waals surface area contributed by atoms with E-state index in [1.54, 1.807) is 59.5 Å². The Kier molecular flexibility index (Phi) is 5.89. The van der Waals surface area contributed by atoms with E-state index in [0.29, 0.717) is 34.1 Å². The number of hydrogen-bond donors (Lipinski definition) is 3. The molecule has 0 unspecified atom stereocenters. The SMILES string of the molecule is CC(C)CN(C(=O)c1ccc2c(c1)c(=O)oc1cccc(C(N)=O)c12)c1ccc(C(=N)N)cc1. The molecule has 0 aliphatic heterocycles. The molecule has 0 aliphatic carbocycles. The molecule has 172 valence electrons. The molecule has 0 aliphatic rings. The molecular formula is C26H24N4O4. The van der Waals surface area contributed by atoms with Crippen molar-refractivity contribution in [3.8, 4) is 0 Å². The molecule has 0 atom stereocenters. The van der Waals surface area contributed by atoms with E-state index in [-0.39, 0.29) is 34.2 Å². The predicted molar refractivity (Wildman–Crippen MR) is 132 cm³/mol. The second kappa shape index (κ2) is 8.82. The summed E-state index contributed by atoms with van der Waals surface area (Å²) < 4.78 is 5.43. The molecule has 8 heteroatoms. The molecular weight excluding hydrogens is 432 g/mol. The topological polar surface area (TPSA) is 143 Å². The molecule has 1 aromatic heterocycles. The Bertz CT molecular complexity index is 1500. The maximum atomic E-state index is 13.5. The second-order valence-corrected chi connectivity index (χ2v) is 8.46. The van der Waals surface area contributed by atoms with Gasteiger partial charge in [0.25, 0.3) is 5.91 Å². The zero-order valence-corrected chi connectivity index (χ0v) is 18.8. The van der Waals surface area contributed by atoms with Crippen LogP contribution in [-0.2, 0) is 0 Å². The van der Waals surface area contributed by atoms with Crippen molar-refractivity contribution in [2.75, 3.05) is 11.4 Å². The molecule has 0 saturated heterocycles. The molecule has 4 rings (SSSR count). The van der Waals surface area contributed by atoms with Crippen LogP contribution in [0, 0.1) is 11.3 Å². The van der Waals surface area contributed by atoms with Gasteiger partial charge >= 0.3 is 5.63 Å². The number of nitrogens with one attached hydrogen (secondary N) is 1. The molecule has 0 spiro atoms. The third kappa shape index (κ3) is 4.13. The van der Waals surface area contributed by atoms with Crippen LogP contribution in [0.1, 0.15) is 40.1 Å². The van der Waals surface area contributed by atoms with E-state index < -0.39 is 11.5 Å². The second-order valence-electron chi connectivity index (χ2n) is 8.46. The largest absolute Gasteiger partial charge is 0.422 e. The average Bonchev–Trinajstić information content (AvgIpc) is 2.81. The molecule has 34 heavy (non-hydrogen) atoms. The molecule has 3 aromatic carbocycles. The number of amidine groups is 1. The first-order valence-electron chi connectivity index (χ1n) is 10.7. The average molecular weight is 457 g/mol. The van der Waals surface area contributed by atoms with E-state index >= 15 is 0 Å². The fourth-order valence-electron chi connectivity index (χ4n) is 3.97. The van der Waals surface area contributed by atoms with Gasteiger partial charge < -0.3 is 20.8 Å². The number of nitrogen functional groups attached to an aromatic ring is 1. The summed E-state index contributed by atoms with van der Waals surface area (Å²) in [7, 11) is 0. The highest BCUT2D eigenvalue weighted by Crippen LogP contribution is 2.28. The van der Waals surface area contributed by atoms with Gasteiger partial charge in [0.2, 0.25) is 5.91 Å². The summed E-state index contributed by atoms with van der Waals surface area (Å²) in [6.45, 7) is 4.43. The Labute approximate surface area is 195 Å². The smallest absolute Gasteiger partial charge is 0.344 e. The lowest BCUT2D eigenvalue weighted by molar-refractivity contribution is 0.0981. The molecule has 0 radical (unpaired) electrons. The molecule has 8 nitrogen and oxygen atoms in total. The van der Waals surface area contributed by atoms with E-state index in [1.165, 1.54) is 6.07 Å². The van der Waals surface area contributed by atoms with Gasteiger partial charge in [-0.05, 0) is 54.4 Å². The van der Waals surface area contributed by atoms with E-state index in [0.717, 1.165) is 0 Å². The van der Waals surface area contributed by atoms with Crippen molar-refractivity contribution in [1.82, 2.24) is 0 Å². The molecule has 2 amide bonds. The molecule has 5 N–H and O–H groups in total. The van der Waals surface area contributed by atoms with E-state index in [9.17, 15) is 14.4 Å². The summed E-state index contributed by atoms with van der Waals surface area (Å²) in [4.78, 5) is 39.8. The zero-order valence-electron chi connectivity index (χ0n) is 18.8. The summed E-state index contributed by atoms with van der Waals surface area (Å²) >= 11 is 0. The Balaban J connectivity index is 1.84. The molecule has 1 heterocycles.